The lowest BCUT2D eigenvalue weighted by Gasteiger charge is -2.03. The van der Waals surface area contributed by atoms with Gasteiger partial charge in [-0.25, -0.2) is 0 Å². The SMILES string of the molecule is COCCn1nccc1CN. The molecule has 1 rings (SSSR count). The van der Waals surface area contributed by atoms with E-state index in [4.69, 9.17) is 10.5 Å². The van der Waals surface area contributed by atoms with Gasteiger partial charge < -0.3 is 10.5 Å². The topological polar surface area (TPSA) is 53.1 Å². The van der Waals surface area contributed by atoms with Crippen LogP contribution in [0.3, 0.4) is 0 Å². The molecule has 0 saturated carbocycles. The summed E-state index contributed by atoms with van der Waals surface area (Å²) >= 11 is 0. The molecule has 4 heteroatoms. The highest BCUT2D eigenvalue weighted by molar-refractivity contribution is 4.99. The molecule has 4 nitrogen and oxygen atoms in total. The fraction of sp³-hybridized carbons (Fsp3) is 0.571. The average Bonchev–Trinajstić information content (AvgIpc) is 2.47. The highest BCUT2D eigenvalue weighted by Crippen LogP contribution is 1.96. The molecule has 0 radical (unpaired) electrons. The van der Waals surface area contributed by atoms with Gasteiger partial charge in [0.1, 0.15) is 0 Å². The van der Waals surface area contributed by atoms with E-state index < -0.39 is 0 Å². The first-order chi connectivity index (χ1) is 5.38. The Hall–Kier alpha value is -0.870. The van der Waals surface area contributed by atoms with Gasteiger partial charge in [-0.15, -0.1) is 0 Å². The lowest BCUT2D eigenvalue weighted by Crippen LogP contribution is -2.11. The summed E-state index contributed by atoms with van der Waals surface area (Å²) in [4.78, 5) is 0. The van der Waals surface area contributed by atoms with Crippen molar-refractivity contribution in [3.8, 4) is 0 Å². The molecular formula is C7H13N3O. The van der Waals surface area contributed by atoms with Crippen LogP contribution in [0.15, 0.2) is 12.3 Å². The fourth-order valence-electron chi connectivity index (χ4n) is 0.913. The van der Waals surface area contributed by atoms with Crippen molar-refractivity contribution in [3.63, 3.8) is 0 Å². The van der Waals surface area contributed by atoms with Crippen molar-refractivity contribution in [1.82, 2.24) is 9.78 Å². The van der Waals surface area contributed by atoms with Gasteiger partial charge in [0.15, 0.2) is 0 Å². The summed E-state index contributed by atoms with van der Waals surface area (Å²) < 4.78 is 6.76. The first-order valence-electron chi connectivity index (χ1n) is 3.58. The number of hydrogen-bond donors (Lipinski definition) is 1. The predicted molar refractivity (Wildman–Crippen MR) is 42.0 cm³/mol. The Morgan fingerprint density at radius 2 is 2.55 bits per heavy atom. The average molecular weight is 155 g/mol. The van der Waals surface area contributed by atoms with E-state index in [-0.39, 0.29) is 0 Å². The van der Waals surface area contributed by atoms with Crippen LogP contribution in [0.5, 0.6) is 0 Å². The van der Waals surface area contributed by atoms with E-state index in [0.717, 1.165) is 12.2 Å². The molecule has 0 aromatic carbocycles. The van der Waals surface area contributed by atoms with Gasteiger partial charge in [0.05, 0.1) is 18.8 Å². The first kappa shape index (κ1) is 8.23. The maximum Gasteiger partial charge on any atom is 0.0658 e. The molecule has 0 amide bonds. The molecule has 0 unspecified atom stereocenters. The van der Waals surface area contributed by atoms with E-state index >= 15 is 0 Å². The smallest absolute Gasteiger partial charge is 0.0658 e. The minimum Gasteiger partial charge on any atom is -0.383 e. The van der Waals surface area contributed by atoms with Gasteiger partial charge in [-0.05, 0) is 6.07 Å². The van der Waals surface area contributed by atoms with Gasteiger partial charge in [0, 0.05) is 19.9 Å². The highest BCUT2D eigenvalue weighted by atomic mass is 16.5. The number of rotatable bonds is 4. The molecule has 0 bridgehead atoms. The number of methoxy groups -OCH3 is 1. The zero-order valence-corrected chi connectivity index (χ0v) is 6.66. The van der Waals surface area contributed by atoms with Crippen molar-refractivity contribution in [1.29, 1.82) is 0 Å². The van der Waals surface area contributed by atoms with Crippen molar-refractivity contribution in [2.24, 2.45) is 5.73 Å². The number of nitrogens with two attached hydrogens (primary N) is 1. The fourth-order valence-corrected chi connectivity index (χ4v) is 0.913. The summed E-state index contributed by atoms with van der Waals surface area (Å²) in [6.07, 6.45) is 1.75. The van der Waals surface area contributed by atoms with Crippen LogP contribution in [-0.4, -0.2) is 23.5 Å². The summed E-state index contributed by atoms with van der Waals surface area (Å²) in [5.41, 5.74) is 6.51. The van der Waals surface area contributed by atoms with Crippen LogP contribution in [0.4, 0.5) is 0 Å². The largest absolute Gasteiger partial charge is 0.383 e. The second-order valence-corrected chi connectivity index (χ2v) is 2.24. The van der Waals surface area contributed by atoms with Crippen LogP contribution in [0.2, 0.25) is 0 Å². The second-order valence-electron chi connectivity index (χ2n) is 2.24. The van der Waals surface area contributed by atoms with Crippen molar-refractivity contribution in [2.75, 3.05) is 13.7 Å². The Morgan fingerprint density at radius 3 is 3.18 bits per heavy atom. The number of ether oxygens (including phenoxy) is 1. The zero-order valence-electron chi connectivity index (χ0n) is 6.66. The van der Waals surface area contributed by atoms with Crippen LogP contribution >= 0.6 is 0 Å². The van der Waals surface area contributed by atoms with Gasteiger partial charge in [-0.1, -0.05) is 0 Å². The maximum atomic E-state index is 5.47. The third-order valence-corrected chi connectivity index (χ3v) is 1.52. The molecule has 0 atom stereocenters. The van der Waals surface area contributed by atoms with E-state index in [0.29, 0.717) is 13.2 Å². The molecule has 1 aromatic rings. The molecule has 0 aliphatic carbocycles. The van der Waals surface area contributed by atoms with Gasteiger partial charge >= 0.3 is 0 Å². The quantitative estimate of drug-likeness (QED) is 0.665. The summed E-state index contributed by atoms with van der Waals surface area (Å²) in [5, 5.41) is 4.08. The summed E-state index contributed by atoms with van der Waals surface area (Å²) in [6.45, 7) is 1.98. The van der Waals surface area contributed by atoms with Gasteiger partial charge in [-0.3, -0.25) is 4.68 Å². The monoisotopic (exact) mass is 155 g/mol. The van der Waals surface area contributed by atoms with Gasteiger partial charge in [0.25, 0.3) is 0 Å². The lowest BCUT2D eigenvalue weighted by atomic mass is 10.4. The Labute approximate surface area is 66.0 Å². The lowest BCUT2D eigenvalue weighted by molar-refractivity contribution is 0.182. The molecule has 0 fully saturated rings. The summed E-state index contributed by atoms with van der Waals surface area (Å²) in [7, 11) is 1.67. The number of hydrogen-bond acceptors (Lipinski definition) is 3. The Morgan fingerprint density at radius 1 is 1.73 bits per heavy atom. The molecule has 0 aliphatic rings. The predicted octanol–water partition coefficient (Wildman–Crippen LogP) is -0.0118. The molecule has 0 saturated heterocycles. The van der Waals surface area contributed by atoms with E-state index in [1.54, 1.807) is 13.3 Å². The number of nitrogens with zero attached hydrogens (tertiary/aromatic N) is 2. The van der Waals surface area contributed by atoms with Crippen LogP contribution < -0.4 is 5.73 Å². The molecular weight excluding hydrogens is 142 g/mol. The summed E-state index contributed by atoms with van der Waals surface area (Å²) in [5.74, 6) is 0. The molecule has 62 valence electrons. The summed E-state index contributed by atoms with van der Waals surface area (Å²) in [6, 6.07) is 1.91. The minimum absolute atomic E-state index is 0.531. The van der Waals surface area contributed by atoms with Crippen molar-refractivity contribution >= 4 is 0 Å². The second kappa shape index (κ2) is 4.10. The normalized spacial score (nSPS) is 10.4. The van der Waals surface area contributed by atoms with E-state index in [9.17, 15) is 0 Å². The first-order valence-corrected chi connectivity index (χ1v) is 3.58. The Bertz CT molecular complexity index is 209. The maximum absolute atomic E-state index is 5.47. The number of aromatic nitrogens is 2. The van der Waals surface area contributed by atoms with Crippen LogP contribution in [0.25, 0.3) is 0 Å². The molecule has 0 spiro atoms. The van der Waals surface area contributed by atoms with E-state index in [2.05, 4.69) is 5.10 Å². The van der Waals surface area contributed by atoms with Gasteiger partial charge in [-0.2, -0.15) is 5.10 Å². The molecule has 11 heavy (non-hydrogen) atoms. The Balaban J connectivity index is 2.54. The van der Waals surface area contributed by atoms with Crippen molar-refractivity contribution in [2.45, 2.75) is 13.1 Å². The van der Waals surface area contributed by atoms with Crippen molar-refractivity contribution < 1.29 is 4.74 Å². The standard InChI is InChI=1S/C7H13N3O/c1-11-5-4-10-7(6-8)2-3-9-10/h2-3H,4-6,8H2,1H3. The van der Waals surface area contributed by atoms with E-state index in [1.165, 1.54) is 0 Å². The van der Waals surface area contributed by atoms with Gasteiger partial charge in [0.2, 0.25) is 0 Å². The van der Waals surface area contributed by atoms with Crippen LogP contribution in [0.1, 0.15) is 5.69 Å². The minimum atomic E-state index is 0.531. The molecule has 0 aliphatic heterocycles. The third-order valence-electron chi connectivity index (χ3n) is 1.52. The third kappa shape index (κ3) is 2.03. The molecule has 1 heterocycles. The molecule has 2 N–H and O–H groups in total. The molecule has 1 aromatic heterocycles. The highest BCUT2D eigenvalue weighted by Gasteiger charge is 1.97. The van der Waals surface area contributed by atoms with Crippen LogP contribution in [0, 0.1) is 0 Å². The van der Waals surface area contributed by atoms with E-state index in [1.807, 2.05) is 10.7 Å². The van der Waals surface area contributed by atoms with Crippen LogP contribution in [-0.2, 0) is 17.8 Å². The Kier molecular flexibility index (Phi) is 3.07. The van der Waals surface area contributed by atoms with Crippen molar-refractivity contribution in [3.05, 3.63) is 18.0 Å². The zero-order chi connectivity index (χ0) is 8.10.